The van der Waals surface area contributed by atoms with Crippen LogP contribution in [0, 0.1) is 0 Å². The number of amides is 1. The molecule has 5 rings (SSSR count). The Morgan fingerprint density at radius 3 is 2.81 bits per heavy atom. The second-order valence-electron chi connectivity index (χ2n) is 7.66. The number of anilines is 1. The van der Waals surface area contributed by atoms with Crippen molar-refractivity contribution in [3.63, 3.8) is 0 Å². The van der Waals surface area contributed by atoms with Crippen molar-refractivity contribution in [2.24, 2.45) is 0 Å². The van der Waals surface area contributed by atoms with Gasteiger partial charge < -0.3 is 19.2 Å². The van der Waals surface area contributed by atoms with Crippen molar-refractivity contribution in [3.8, 4) is 23.0 Å². The van der Waals surface area contributed by atoms with Crippen molar-refractivity contribution < 1.29 is 18.7 Å². The maximum absolute atomic E-state index is 12.7. The molecule has 0 aliphatic carbocycles. The molecule has 1 aliphatic heterocycles. The lowest BCUT2D eigenvalue weighted by atomic mass is 9.98. The van der Waals surface area contributed by atoms with Gasteiger partial charge in [0.2, 0.25) is 12.7 Å². The second-order valence-corrected chi connectivity index (χ2v) is 7.66. The Kier molecular flexibility index (Phi) is 4.82. The summed E-state index contributed by atoms with van der Waals surface area (Å²) in [7, 11) is 0. The fourth-order valence-electron chi connectivity index (χ4n) is 3.58. The third kappa shape index (κ3) is 3.72. The van der Waals surface area contributed by atoms with E-state index in [2.05, 4.69) is 36.3 Å². The second kappa shape index (κ2) is 7.80. The summed E-state index contributed by atoms with van der Waals surface area (Å²) >= 11 is 0. The van der Waals surface area contributed by atoms with Crippen LogP contribution in [0.2, 0.25) is 0 Å². The summed E-state index contributed by atoms with van der Waals surface area (Å²) in [4.78, 5) is 17.4. The lowest BCUT2D eigenvalue weighted by Crippen LogP contribution is -2.11. The van der Waals surface area contributed by atoms with Crippen molar-refractivity contribution in [2.45, 2.75) is 26.2 Å². The minimum absolute atomic E-state index is 0.172. The topological polar surface area (TPSA) is 73.6 Å². The van der Waals surface area contributed by atoms with Gasteiger partial charge in [0.1, 0.15) is 5.52 Å². The molecule has 2 heterocycles. The van der Waals surface area contributed by atoms with E-state index < -0.39 is 0 Å². The van der Waals surface area contributed by atoms with Crippen LogP contribution in [0.3, 0.4) is 0 Å². The molecule has 0 spiro atoms. The zero-order valence-corrected chi connectivity index (χ0v) is 17.3. The monoisotopic (exact) mass is 414 g/mol. The summed E-state index contributed by atoms with van der Waals surface area (Å²) in [6, 6.07) is 18.7. The van der Waals surface area contributed by atoms with Crippen molar-refractivity contribution in [1.82, 2.24) is 4.98 Å². The van der Waals surface area contributed by atoms with E-state index >= 15 is 0 Å². The third-order valence-electron chi connectivity index (χ3n) is 5.60. The Bertz CT molecular complexity index is 1280. The zero-order chi connectivity index (χ0) is 21.4. The van der Waals surface area contributed by atoms with E-state index in [0.717, 1.165) is 23.1 Å². The summed E-state index contributed by atoms with van der Waals surface area (Å²) in [6.07, 6.45) is 1.07. The average Bonchev–Trinajstić information content (AvgIpc) is 3.44. The Hall–Kier alpha value is -3.80. The number of hydrogen-bond acceptors (Lipinski definition) is 5. The van der Waals surface area contributed by atoms with E-state index in [1.165, 1.54) is 5.56 Å². The fourth-order valence-corrected chi connectivity index (χ4v) is 3.58. The predicted molar refractivity (Wildman–Crippen MR) is 119 cm³/mol. The van der Waals surface area contributed by atoms with Crippen molar-refractivity contribution in [2.75, 3.05) is 12.1 Å². The highest BCUT2D eigenvalue weighted by Crippen LogP contribution is 2.33. The summed E-state index contributed by atoms with van der Waals surface area (Å²) in [5.41, 5.74) is 4.78. The third-order valence-corrected chi connectivity index (χ3v) is 5.60. The van der Waals surface area contributed by atoms with Gasteiger partial charge in [-0.2, -0.15) is 0 Å². The molecule has 156 valence electrons. The number of aromatic nitrogens is 1. The molecule has 0 radical (unpaired) electrons. The van der Waals surface area contributed by atoms with Crippen LogP contribution < -0.4 is 14.8 Å². The van der Waals surface area contributed by atoms with Gasteiger partial charge in [-0.15, -0.1) is 0 Å². The fraction of sp³-hybridized carbons (Fsp3) is 0.200. The first-order chi connectivity index (χ1) is 15.1. The van der Waals surface area contributed by atoms with Gasteiger partial charge in [0.25, 0.3) is 5.91 Å². The molecule has 1 aliphatic rings. The Morgan fingerprint density at radius 2 is 1.94 bits per heavy atom. The number of nitrogens with zero attached hydrogens (tertiary/aromatic N) is 1. The normalized spacial score (nSPS) is 13.4. The van der Waals surface area contributed by atoms with E-state index in [4.69, 9.17) is 13.9 Å². The molecular formula is C25H22N2O4. The van der Waals surface area contributed by atoms with Gasteiger partial charge in [0.05, 0.1) is 0 Å². The molecule has 1 amide bonds. The summed E-state index contributed by atoms with van der Waals surface area (Å²) in [6.45, 7) is 4.55. The molecule has 0 saturated carbocycles. The number of oxazole rings is 1. The standard InChI is InChI=1S/C25H22N2O4/c1-3-15(2)16-7-9-21-20(12-16)27-25(31-21)18-5-4-6-19(11-18)26-24(28)17-8-10-22-23(13-17)30-14-29-22/h4-13,15H,3,14H2,1-2H3,(H,26,28)/t15-/m1/s1. The van der Waals surface area contributed by atoms with E-state index in [1.54, 1.807) is 18.2 Å². The van der Waals surface area contributed by atoms with E-state index in [1.807, 2.05) is 30.3 Å². The summed E-state index contributed by atoms with van der Waals surface area (Å²) < 4.78 is 16.6. The molecule has 4 aromatic rings. The first-order valence-corrected chi connectivity index (χ1v) is 10.3. The van der Waals surface area contributed by atoms with Gasteiger partial charge >= 0.3 is 0 Å². The van der Waals surface area contributed by atoms with Crippen LogP contribution in [-0.2, 0) is 0 Å². The number of carbonyl (C=O) groups excluding carboxylic acids is 1. The largest absolute Gasteiger partial charge is 0.454 e. The summed E-state index contributed by atoms with van der Waals surface area (Å²) in [5, 5.41) is 2.92. The number of nitrogens with one attached hydrogen (secondary N) is 1. The average molecular weight is 414 g/mol. The first-order valence-electron chi connectivity index (χ1n) is 10.3. The number of carbonyl (C=O) groups is 1. The molecule has 1 aromatic heterocycles. The quantitative estimate of drug-likeness (QED) is 0.434. The van der Waals surface area contributed by atoms with Crippen molar-refractivity contribution in [1.29, 1.82) is 0 Å². The van der Waals surface area contributed by atoms with Crippen LogP contribution in [0.15, 0.2) is 65.1 Å². The Balaban J connectivity index is 1.39. The van der Waals surface area contributed by atoms with E-state index in [0.29, 0.717) is 34.6 Å². The number of ether oxygens (including phenoxy) is 2. The highest BCUT2D eigenvalue weighted by atomic mass is 16.7. The van der Waals surface area contributed by atoms with Gasteiger partial charge in [-0.1, -0.05) is 26.0 Å². The highest BCUT2D eigenvalue weighted by molar-refractivity contribution is 6.05. The van der Waals surface area contributed by atoms with Gasteiger partial charge in [0.15, 0.2) is 17.1 Å². The molecule has 31 heavy (non-hydrogen) atoms. The predicted octanol–water partition coefficient (Wildman–Crippen LogP) is 5.99. The van der Waals surface area contributed by atoms with Crippen LogP contribution in [0.5, 0.6) is 11.5 Å². The summed E-state index contributed by atoms with van der Waals surface area (Å²) in [5.74, 6) is 1.98. The van der Waals surface area contributed by atoms with E-state index in [-0.39, 0.29) is 12.7 Å². The van der Waals surface area contributed by atoms with Gasteiger partial charge in [-0.3, -0.25) is 4.79 Å². The van der Waals surface area contributed by atoms with Gasteiger partial charge in [-0.25, -0.2) is 4.98 Å². The maximum atomic E-state index is 12.7. The van der Waals surface area contributed by atoms with Crippen molar-refractivity contribution >= 4 is 22.7 Å². The molecule has 1 atom stereocenters. The smallest absolute Gasteiger partial charge is 0.255 e. The molecule has 0 bridgehead atoms. The molecular weight excluding hydrogens is 392 g/mol. The van der Waals surface area contributed by atoms with Crippen LogP contribution in [0.4, 0.5) is 5.69 Å². The lowest BCUT2D eigenvalue weighted by Gasteiger charge is -2.07. The Morgan fingerprint density at radius 1 is 1.06 bits per heavy atom. The first kappa shape index (κ1) is 19.2. The van der Waals surface area contributed by atoms with Crippen molar-refractivity contribution in [3.05, 3.63) is 71.8 Å². The number of fused-ring (bicyclic) bond motifs is 2. The number of hydrogen-bond donors (Lipinski definition) is 1. The maximum Gasteiger partial charge on any atom is 0.255 e. The van der Waals surface area contributed by atoms with Gasteiger partial charge in [0, 0.05) is 16.8 Å². The molecule has 0 saturated heterocycles. The lowest BCUT2D eigenvalue weighted by molar-refractivity contribution is 0.102. The van der Waals surface area contributed by atoms with Gasteiger partial charge in [-0.05, 0) is 66.4 Å². The molecule has 0 fully saturated rings. The van der Waals surface area contributed by atoms with E-state index in [9.17, 15) is 4.79 Å². The van der Waals surface area contributed by atoms with Crippen LogP contribution in [0.25, 0.3) is 22.6 Å². The Labute approximate surface area is 179 Å². The molecule has 6 heteroatoms. The molecule has 6 nitrogen and oxygen atoms in total. The van der Waals surface area contributed by atoms with Crippen LogP contribution in [-0.4, -0.2) is 17.7 Å². The molecule has 0 unspecified atom stereocenters. The SMILES string of the molecule is CC[C@@H](C)c1ccc2oc(-c3cccc(NC(=O)c4ccc5c(c4)OCO5)c3)nc2c1. The molecule has 3 aromatic carbocycles. The van der Waals surface area contributed by atoms with Crippen LogP contribution in [0.1, 0.15) is 42.1 Å². The highest BCUT2D eigenvalue weighted by Gasteiger charge is 2.17. The zero-order valence-electron chi connectivity index (χ0n) is 17.3. The number of benzene rings is 3. The molecule has 1 N–H and O–H groups in total. The van der Waals surface area contributed by atoms with Crippen LogP contribution >= 0.6 is 0 Å². The minimum atomic E-state index is -0.230. The minimum Gasteiger partial charge on any atom is -0.454 e. The number of rotatable bonds is 5.